The third-order valence-electron chi connectivity index (χ3n) is 4.85. The molecule has 1 saturated heterocycles. The standard InChI is InChI=1S/C21H25N3O2.ClH/c1-2-16-5-3-4-6-19(16)24-14-17(13-20(24)25)21(26)23-12-11-15-7-9-18(22)10-8-15;/h3-10,17H,2,11-14,22H2,1H3,(H,23,26);1H. The normalized spacial score (nSPS) is 16.1. The van der Waals surface area contributed by atoms with Crippen molar-refractivity contribution in [2.45, 2.75) is 26.2 Å². The van der Waals surface area contributed by atoms with Gasteiger partial charge in [0, 0.05) is 30.9 Å². The minimum absolute atomic E-state index is 0. The van der Waals surface area contributed by atoms with E-state index < -0.39 is 0 Å². The van der Waals surface area contributed by atoms with Gasteiger partial charge in [0.2, 0.25) is 11.8 Å². The molecule has 0 bridgehead atoms. The third-order valence-corrected chi connectivity index (χ3v) is 4.85. The van der Waals surface area contributed by atoms with Crippen LogP contribution in [-0.4, -0.2) is 24.9 Å². The van der Waals surface area contributed by atoms with Gasteiger partial charge in [-0.1, -0.05) is 37.3 Å². The Labute approximate surface area is 166 Å². The third kappa shape index (κ3) is 5.01. The second-order valence-electron chi connectivity index (χ2n) is 6.67. The van der Waals surface area contributed by atoms with Gasteiger partial charge >= 0.3 is 0 Å². The van der Waals surface area contributed by atoms with E-state index in [0.717, 1.165) is 35.3 Å². The van der Waals surface area contributed by atoms with Gasteiger partial charge in [0.1, 0.15) is 0 Å². The summed E-state index contributed by atoms with van der Waals surface area (Å²) in [6.07, 6.45) is 1.87. The fourth-order valence-electron chi connectivity index (χ4n) is 3.35. The zero-order valence-electron chi connectivity index (χ0n) is 15.5. The van der Waals surface area contributed by atoms with Crippen LogP contribution in [0.2, 0.25) is 0 Å². The first kappa shape index (κ1) is 20.8. The molecule has 0 saturated carbocycles. The lowest BCUT2D eigenvalue weighted by molar-refractivity contribution is -0.126. The van der Waals surface area contributed by atoms with Crippen molar-refractivity contribution in [3.8, 4) is 0 Å². The first-order valence-electron chi connectivity index (χ1n) is 9.09. The molecule has 1 fully saturated rings. The summed E-state index contributed by atoms with van der Waals surface area (Å²) in [6, 6.07) is 15.5. The summed E-state index contributed by atoms with van der Waals surface area (Å²) >= 11 is 0. The molecule has 1 heterocycles. The highest BCUT2D eigenvalue weighted by atomic mass is 35.5. The summed E-state index contributed by atoms with van der Waals surface area (Å²) in [7, 11) is 0. The number of carbonyl (C=O) groups is 2. The van der Waals surface area contributed by atoms with Crippen molar-refractivity contribution in [3.63, 3.8) is 0 Å². The monoisotopic (exact) mass is 387 g/mol. The highest BCUT2D eigenvalue weighted by Gasteiger charge is 2.35. The SMILES string of the molecule is CCc1ccccc1N1CC(C(=O)NCCc2ccc(N)cc2)CC1=O.Cl. The Morgan fingerprint density at radius 3 is 2.59 bits per heavy atom. The Balaban J connectivity index is 0.00000261. The van der Waals surface area contributed by atoms with Gasteiger partial charge in [0.25, 0.3) is 0 Å². The van der Waals surface area contributed by atoms with Gasteiger partial charge < -0.3 is 16.0 Å². The smallest absolute Gasteiger partial charge is 0.227 e. The number of aryl methyl sites for hydroxylation is 1. The van der Waals surface area contributed by atoms with Crippen LogP contribution in [-0.2, 0) is 22.4 Å². The van der Waals surface area contributed by atoms with Crippen LogP contribution in [0.25, 0.3) is 0 Å². The summed E-state index contributed by atoms with van der Waals surface area (Å²) < 4.78 is 0. The average molecular weight is 388 g/mol. The number of hydrogen-bond donors (Lipinski definition) is 2. The summed E-state index contributed by atoms with van der Waals surface area (Å²) in [4.78, 5) is 26.6. The topological polar surface area (TPSA) is 75.4 Å². The Kier molecular flexibility index (Phi) is 7.25. The van der Waals surface area contributed by atoms with Crippen LogP contribution in [0, 0.1) is 5.92 Å². The van der Waals surface area contributed by atoms with Gasteiger partial charge in [0.05, 0.1) is 5.92 Å². The number of nitrogens with one attached hydrogen (secondary N) is 1. The Morgan fingerprint density at radius 2 is 1.89 bits per heavy atom. The quantitative estimate of drug-likeness (QED) is 0.748. The molecule has 0 aromatic heterocycles. The molecule has 1 unspecified atom stereocenters. The molecule has 2 aromatic carbocycles. The lowest BCUT2D eigenvalue weighted by Crippen LogP contribution is -2.34. The molecule has 2 amide bonds. The molecule has 0 spiro atoms. The van der Waals surface area contributed by atoms with Crippen LogP contribution in [0.3, 0.4) is 0 Å². The Bertz CT molecular complexity index is 792. The van der Waals surface area contributed by atoms with Gasteiger partial charge in [-0.2, -0.15) is 0 Å². The number of benzene rings is 2. The molecule has 5 nitrogen and oxygen atoms in total. The van der Waals surface area contributed by atoms with Crippen LogP contribution in [0.5, 0.6) is 0 Å². The molecule has 1 aliphatic heterocycles. The number of rotatable bonds is 6. The van der Waals surface area contributed by atoms with E-state index in [-0.39, 0.29) is 36.6 Å². The molecule has 2 aromatic rings. The molecular formula is C21H26ClN3O2. The highest BCUT2D eigenvalue weighted by molar-refractivity contribution is 6.00. The van der Waals surface area contributed by atoms with Gasteiger partial charge in [0.15, 0.2) is 0 Å². The number of nitrogens with zero attached hydrogens (tertiary/aromatic N) is 1. The van der Waals surface area contributed by atoms with Crippen molar-refractivity contribution in [1.82, 2.24) is 5.32 Å². The Hall–Kier alpha value is -2.53. The fourth-order valence-corrected chi connectivity index (χ4v) is 3.35. The molecule has 27 heavy (non-hydrogen) atoms. The highest BCUT2D eigenvalue weighted by Crippen LogP contribution is 2.28. The van der Waals surface area contributed by atoms with Crippen LogP contribution in [0.4, 0.5) is 11.4 Å². The van der Waals surface area contributed by atoms with Gasteiger partial charge in [-0.3, -0.25) is 9.59 Å². The van der Waals surface area contributed by atoms with Crippen molar-refractivity contribution >= 4 is 35.6 Å². The van der Waals surface area contributed by atoms with E-state index >= 15 is 0 Å². The lowest BCUT2D eigenvalue weighted by atomic mass is 10.1. The predicted molar refractivity (Wildman–Crippen MR) is 111 cm³/mol. The number of anilines is 2. The van der Waals surface area contributed by atoms with Crippen LogP contribution >= 0.6 is 12.4 Å². The maximum Gasteiger partial charge on any atom is 0.227 e. The minimum atomic E-state index is -0.293. The van der Waals surface area contributed by atoms with Crippen molar-refractivity contribution in [2.75, 3.05) is 23.7 Å². The molecule has 1 atom stereocenters. The van der Waals surface area contributed by atoms with E-state index in [2.05, 4.69) is 12.2 Å². The maximum atomic E-state index is 12.5. The van der Waals surface area contributed by atoms with Crippen LogP contribution < -0.4 is 16.0 Å². The molecule has 0 radical (unpaired) electrons. The van der Waals surface area contributed by atoms with Crippen molar-refractivity contribution in [3.05, 3.63) is 59.7 Å². The Morgan fingerprint density at radius 1 is 1.19 bits per heavy atom. The summed E-state index contributed by atoms with van der Waals surface area (Å²) in [6.45, 7) is 3.07. The van der Waals surface area contributed by atoms with Crippen LogP contribution in [0.15, 0.2) is 48.5 Å². The lowest BCUT2D eigenvalue weighted by Gasteiger charge is -2.20. The van der Waals surface area contributed by atoms with E-state index in [1.807, 2.05) is 48.5 Å². The predicted octanol–water partition coefficient (Wildman–Crippen LogP) is 2.96. The molecule has 3 rings (SSSR count). The number of amides is 2. The van der Waals surface area contributed by atoms with E-state index in [1.54, 1.807) is 4.90 Å². The number of nitrogen functional groups attached to an aromatic ring is 1. The van der Waals surface area contributed by atoms with E-state index in [0.29, 0.717) is 13.1 Å². The van der Waals surface area contributed by atoms with E-state index in [1.165, 1.54) is 0 Å². The van der Waals surface area contributed by atoms with Crippen molar-refractivity contribution < 1.29 is 9.59 Å². The van der Waals surface area contributed by atoms with Crippen molar-refractivity contribution in [2.24, 2.45) is 5.92 Å². The molecule has 3 N–H and O–H groups in total. The summed E-state index contributed by atoms with van der Waals surface area (Å²) in [5.41, 5.74) is 9.59. The van der Waals surface area contributed by atoms with Gasteiger partial charge in [-0.05, 0) is 42.2 Å². The van der Waals surface area contributed by atoms with Crippen molar-refractivity contribution in [1.29, 1.82) is 0 Å². The largest absolute Gasteiger partial charge is 0.399 e. The first-order valence-corrected chi connectivity index (χ1v) is 9.09. The zero-order valence-corrected chi connectivity index (χ0v) is 16.3. The van der Waals surface area contributed by atoms with E-state index in [9.17, 15) is 9.59 Å². The molecule has 6 heteroatoms. The van der Waals surface area contributed by atoms with Gasteiger partial charge in [-0.15, -0.1) is 12.4 Å². The molecule has 144 valence electrons. The maximum absolute atomic E-state index is 12.5. The minimum Gasteiger partial charge on any atom is -0.399 e. The summed E-state index contributed by atoms with van der Waals surface area (Å²) in [5, 5.41) is 2.96. The van der Waals surface area contributed by atoms with Gasteiger partial charge in [-0.25, -0.2) is 0 Å². The molecular weight excluding hydrogens is 362 g/mol. The first-order chi connectivity index (χ1) is 12.6. The second-order valence-corrected chi connectivity index (χ2v) is 6.67. The molecule has 1 aliphatic rings. The summed E-state index contributed by atoms with van der Waals surface area (Å²) in [5.74, 6) is -0.325. The number of nitrogens with two attached hydrogens (primary N) is 1. The number of halogens is 1. The zero-order chi connectivity index (χ0) is 18.5. The number of hydrogen-bond acceptors (Lipinski definition) is 3. The van der Waals surface area contributed by atoms with Crippen LogP contribution in [0.1, 0.15) is 24.5 Å². The second kappa shape index (κ2) is 9.42. The average Bonchev–Trinajstić information content (AvgIpc) is 3.05. The fraction of sp³-hybridized carbons (Fsp3) is 0.333. The number of carbonyl (C=O) groups excluding carboxylic acids is 2. The molecule has 0 aliphatic carbocycles. The number of para-hydroxylation sites is 1. The van der Waals surface area contributed by atoms with E-state index in [4.69, 9.17) is 5.73 Å².